The zero-order valence-electron chi connectivity index (χ0n) is 7.95. The topological polar surface area (TPSA) is 38.7 Å². The van der Waals surface area contributed by atoms with Gasteiger partial charge in [0, 0.05) is 0 Å². The largest absolute Gasteiger partial charge is 0.390 e. The third kappa shape index (κ3) is 2.42. The van der Waals surface area contributed by atoms with E-state index in [2.05, 4.69) is 0 Å². The van der Waals surface area contributed by atoms with Crippen molar-refractivity contribution in [2.45, 2.75) is 63.3 Å². The quantitative estimate of drug-likeness (QED) is 0.539. The standard InChI is InChI=1S/C10H18O3/c11-9-6-3-7-10(9)13-12-8-4-1-2-5-8/h8-11H,1-7H2. The van der Waals surface area contributed by atoms with Crippen molar-refractivity contribution in [3.8, 4) is 0 Å². The maximum absolute atomic E-state index is 9.46. The Hall–Kier alpha value is -0.120. The predicted octanol–water partition coefficient (Wildman–Crippen LogP) is 1.79. The van der Waals surface area contributed by atoms with Crippen LogP contribution in [-0.4, -0.2) is 23.4 Å². The third-order valence-electron chi connectivity index (χ3n) is 3.04. The molecule has 0 aromatic rings. The molecule has 2 atom stereocenters. The highest BCUT2D eigenvalue weighted by Gasteiger charge is 2.28. The Morgan fingerprint density at radius 3 is 2.23 bits per heavy atom. The minimum atomic E-state index is -0.304. The molecule has 76 valence electrons. The lowest BCUT2D eigenvalue weighted by Gasteiger charge is -2.17. The molecule has 2 aliphatic carbocycles. The maximum Gasteiger partial charge on any atom is 0.119 e. The summed E-state index contributed by atoms with van der Waals surface area (Å²) in [7, 11) is 0. The smallest absolute Gasteiger partial charge is 0.119 e. The first-order valence-corrected chi connectivity index (χ1v) is 5.36. The van der Waals surface area contributed by atoms with E-state index in [1.165, 1.54) is 12.8 Å². The molecular weight excluding hydrogens is 168 g/mol. The van der Waals surface area contributed by atoms with Crippen molar-refractivity contribution in [2.75, 3.05) is 0 Å². The number of aliphatic hydroxyl groups excluding tert-OH is 1. The summed E-state index contributed by atoms with van der Waals surface area (Å²) >= 11 is 0. The van der Waals surface area contributed by atoms with Crippen molar-refractivity contribution in [3.05, 3.63) is 0 Å². The Balaban J connectivity index is 1.66. The lowest BCUT2D eigenvalue weighted by atomic mass is 10.3. The van der Waals surface area contributed by atoms with E-state index in [0.717, 1.165) is 32.1 Å². The van der Waals surface area contributed by atoms with Crippen molar-refractivity contribution in [1.29, 1.82) is 0 Å². The zero-order valence-corrected chi connectivity index (χ0v) is 7.95. The molecule has 13 heavy (non-hydrogen) atoms. The summed E-state index contributed by atoms with van der Waals surface area (Å²) in [5.41, 5.74) is 0. The van der Waals surface area contributed by atoms with Crippen LogP contribution in [0.3, 0.4) is 0 Å². The fraction of sp³-hybridized carbons (Fsp3) is 1.00. The molecule has 2 saturated carbocycles. The van der Waals surface area contributed by atoms with Gasteiger partial charge >= 0.3 is 0 Å². The van der Waals surface area contributed by atoms with Crippen LogP contribution in [-0.2, 0) is 9.78 Å². The van der Waals surface area contributed by atoms with E-state index in [4.69, 9.17) is 9.78 Å². The van der Waals surface area contributed by atoms with Gasteiger partial charge in [-0.1, -0.05) is 12.8 Å². The van der Waals surface area contributed by atoms with Crippen LogP contribution in [0.25, 0.3) is 0 Å². The summed E-state index contributed by atoms with van der Waals surface area (Å²) in [4.78, 5) is 10.5. The lowest BCUT2D eigenvalue weighted by Crippen LogP contribution is -2.25. The SMILES string of the molecule is OC1CCCC1OOC1CCCC1. The molecule has 0 amide bonds. The van der Waals surface area contributed by atoms with E-state index >= 15 is 0 Å². The second kappa shape index (κ2) is 4.40. The molecule has 2 fully saturated rings. The van der Waals surface area contributed by atoms with Crippen molar-refractivity contribution in [1.82, 2.24) is 0 Å². The van der Waals surface area contributed by atoms with Gasteiger partial charge in [0.25, 0.3) is 0 Å². The molecule has 0 radical (unpaired) electrons. The first-order valence-electron chi connectivity index (χ1n) is 5.36. The van der Waals surface area contributed by atoms with Crippen LogP contribution >= 0.6 is 0 Å². The molecule has 3 heteroatoms. The van der Waals surface area contributed by atoms with Crippen molar-refractivity contribution >= 4 is 0 Å². The number of aliphatic hydroxyl groups is 1. The highest BCUT2D eigenvalue weighted by atomic mass is 17.2. The van der Waals surface area contributed by atoms with Gasteiger partial charge in [0.1, 0.15) is 6.10 Å². The van der Waals surface area contributed by atoms with Gasteiger partial charge in [-0.2, -0.15) is 0 Å². The van der Waals surface area contributed by atoms with Crippen molar-refractivity contribution < 1.29 is 14.9 Å². The monoisotopic (exact) mass is 186 g/mol. The van der Waals surface area contributed by atoms with E-state index in [9.17, 15) is 5.11 Å². The van der Waals surface area contributed by atoms with Gasteiger partial charge in [0.05, 0.1) is 12.2 Å². The molecule has 1 N–H and O–H groups in total. The van der Waals surface area contributed by atoms with Crippen molar-refractivity contribution in [3.63, 3.8) is 0 Å². The van der Waals surface area contributed by atoms with Crippen LogP contribution in [0.2, 0.25) is 0 Å². The first-order chi connectivity index (χ1) is 6.36. The molecule has 0 aliphatic heterocycles. The molecule has 0 saturated heterocycles. The van der Waals surface area contributed by atoms with Crippen molar-refractivity contribution in [2.24, 2.45) is 0 Å². The summed E-state index contributed by atoms with van der Waals surface area (Å²) in [6, 6.07) is 0. The molecule has 2 aliphatic rings. The normalized spacial score (nSPS) is 35.8. The minimum Gasteiger partial charge on any atom is -0.390 e. The van der Waals surface area contributed by atoms with Gasteiger partial charge in [-0.05, 0) is 32.1 Å². The highest BCUT2D eigenvalue weighted by Crippen LogP contribution is 2.26. The van der Waals surface area contributed by atoms with E-state index < -0.39 is 0 Å². The Bertz CT molecular complexity index is 154. The summed E-state index contributed by atoms with van der Waals surface area (Å²) in [6.45, 7) is 0. The van der Waals surface area contributed by atoms with Gasteiger partial charge < -0.3 is 5.11 Å². The Kier molecular flexibility index (Phi) is 3.19. The Morgan fingerprint density at radius 2 is 1.62 bits per heavy atom. The van der Waals surface area contributed by atoms with Crippen LogP contribution in [0.15, 0.2) is 0 Å². The molecule has 0 heterocycles. The van der Waals surface area contributed by atoms with Crippen LogP contribution in [0.5, 0.6) is 0 Å². The fourth-order valence-corrected chi connectivity index (χ4v) is 2.15. The molecule has 0 spiro atoms. The average molecular weight is 186 g/mol. The average Bonchev–Trinajstić information content (AvgIpc) is 2.72. The minimum absolute atomic E-state index is 0.0689. The molecule has 0 bridgehead atoms. The molecule has 2 rings (SSSR count). The summed E-state index contributed by atoms with van der Waals surface area (Å²) < 4.78 is 0. The fourth-order valence-electron chi connectivity index (χ4n) is 2.15. The van der Waals surface area contributed by atoms with E-state index in [1.807, 2.05) is 0 Å². The summed E-state index contributed by atoms with van der Waals surface area (Å²) in [6.07, 6.45) is 7.50. The predicted molar refractivity (Wildman–Crippen MR) is 48.1 cm³/mol. The van der Waals surface area contributed by atoms with Gasteiger partial charge in [-0.15, -0.1) is 0 Å². The number of rotatable bonds is 3. The number of hydrogen-bond acceptors (Lipinski definition) is 3. The molecule has 3 nitrogen and oxygen atoms in total. The Morgan fingerprint density at radius 1 is 0.846 bits per heavy atom. The highest BCUT2D eigenvalue weighted by molar-refractivity contribution is 4.76. The lowest BCUT2D eigenvalue weighted by molar-refractivity contribution is -0.357. The summed E-state index contributed by atoms with van der Waals surface area (Å²) in [5, 5.41) is 9.46. The van der Waals surface area contributed by atoms with Gasteiger partial charge in [-0.3, -0.25) is 0 Å². The van der Waals surface area contributed by atoms with Gasteiger partial charge in [-0.25, -0.2) is 9.78 Å². The number of hydrogen-bond donors (Lipinski definition) is 1. The van der Waals surface area contributed by atoms with Crippen LogP contribution < -0.4 is 0 Å². The second-order valence-electron chi connectivity index (χ2n) is 4.14. The molecule has 0 aromatic carbocycles. The molecule has 2 unspecified atom stereocenters. The molecular formula is C10H18O3. The van der Waals surface area contributed by atoms with E-state index in [1.54, 1.807) is 0 Å². The van der Waals surface area contributed by atoms with Crippen LogP contribution in [0.4, 0.5) is 0 Å². The second-order valence-corrected chi connectivity index (χ2v) is 4.14. The first kappa shape index (κ1) is 9.44. The van der Waals surface area contributed by atoms with E-state index in [0.29, 0.717) is 0 Å². The van der Waals surface area contributed by atoms with Gasteiger partial charge in [0.15, 0.2) is 0 Å². The van der Waals surface area contributed by atoms with Gasteiger partial charge in [0.2, 0.25) is 0 Å². The third-order valence-corrected chi connectivity index (χ3v) is 3.04. The maximum atomic E-state index is 9.46. The molecule has 0 aromatic heterocycles. The zero-order chi connectivity index (χ0) is 9.10. The Labute approximate surface area is 79.0 Å². The van der Waals surface area contributed by atoms with Crippen LogP contribution in [0.1, 0.15) is 44.9 Å². The summed E-state index contributed by atoms with van der Waals surface area (Å²) in [5.74, 6) is 0. The van der Waals surface area contributed by atoms with E-state index in [-0.39, 0.29) is 18.3 Å². The van der Waals surface area contributed by atoms with Crippen LogP contribution in [0, 0.1) is 0 Å².